The van der Waals surface area contributed by atoms with E-state index in [1.165, 1.54) is 12.8 Å². The maximum absolute atomic E-state index is 3.54. The molecule has 0 nitrogen and oxygen atoms in total. The third kappa shape index (κ3) is 60.5. The molecule has 0 aliphatic carbocycles. The smallest absolute Gasteiger partial charge is 0.346 e. The first-order valence-electron chi connectivity index (χ1n) is 3.41. The van der Waals surface area contributed by atoms with Crippen LogP contribution in [0.4, 0.5) is 0 Å². The van der Waals surface area contributed by atoms with Gasteiger partial charge in [0.2, 0.25) is 0 Å². The minimum Gasteiger partial charge on any atom is -0.346 e. The topological polar surface area (TPSA) is 0 Å². The van der Waals surface area contributed by atoms with Gasteiger partial charge in [-0.15, -0.1) is 0 Å². The van der Waals surface area contributed by atoms with E-state index in [2.05, 4.69) is 27.7 Å². The number of hydrogen-bond acceptors (Lipinski definition) is 0. The Labute approximate surface area is 90.9 Å². The van der Waals surface area contributed by atoms with Crippen molar-refractivity contribution in [2.24, 2.45) is 0 Å². The van der Waals surface area contributed by atoms with E-state index >= 15 is 0 Å². The summed E-state index contributed by atoms with van der Waals surface area (Å²) in [7, 11) is 0. The van der Waals surface area contributed by atoms with Crippen LogP contribution in [-0.4, -0.2) is 0 Å². The third-order valence-corrected chi connectivity index (χ3v) is 0.750. The summed E-state index contributed by atoms with van der Waals surface area (Å²) in [5, 5.41) is 0. The number of rotatable bonds is 2. The van der Waals surface area contributed by atoms with Crippen LogP contribution in [0.25, 0.3) is 0 Å². The molecule has 0 unspecified atom stereocenters. The molecule has 0 amide bonds. The fourth-order valence-corrected chi connectivity index (χ4v) is 0. The molecule has 0 aliphatic heterocycles. The molecule has 0 fully saturated rings. The first kappa shape index (κ1) is 22.5. The van der Waals surface area contributed by atoms with Crippen molar-refractivity contribution in [1.82, 2.24) is 0 Å². The van der Waals surface area contributed by atoms with Gasteiger partial charge in [0.15, 0.2) is 0 Å². The van der Waals surface area contributed by atoms with Crippen LogP contribution < -0.4 is 37.7 Å². The number of hydrogen-bond donors (Lipinski definition) is 0. The molecule has 0 aromatic carbocycles. The quantitative estimate of drug-likeness (QED) is 0.279. The molecular formula is C8H18Li2. The Kier molecular flexibility index (Phi) is 71.8. The monoisotopic (exact) mass is 128 g/mol. The molecule has 0 atom stereocenters. The summed E-state index contributed by atoms with van der Waals surface area (Å²) < 4.78 is 0. The minimum absolute atomic E-state index is 0. The van der Waals surface area contributed by atoms with Crippen molar-refractivity contribution in [3.63, 3.8) is 0 Å². The van der Waals surface area contributed by atoms with Crippen LogP contribution in [0.15, 0.2) is 0 Å². The van der Waals surface area contributed by atoms with Gasteiger partial charge in [-0.25, -0.2) is 12.8 Å². The molecule has 2 heteroatoms. The van der Waals surface area contributed by atoms with Gasteiger partial charge in [0.05, 0.1) is 0 Å². The van der Waals surface area contributed by atoms with Crippen molar-refractivity contribution in [3.8, 4) is 0 Å². The fourth-order valence-electron chi connectivity index (χ4n) is 0. The summed E-state index contributed by atoms with van der Waals surface area (Å²) in [6.07, 6.45) is 4.56. The molecule has 0 rings (SSSR count). The first-order chi connectivity index (χ1) is 3.83. The molecule has 0 spiro atoms. The summed E-state index contributed by atoms with van der Waals surface area (Å²) in [5.74, 6) is 0. The van der Waals surface area contributed by atoms with Crippen LogP contribution in [0.5, 0.6) is 0 Å². The van der Waals surface area contributed by atoms with E-state index in [0.717, 1.165) is 12.8 Å². The molecular weight excluding hydrogens is 110 g/mol. The maximum atomic E-state index is 3.54. The molecule has 52 valence electrons. The zero-order chi connectivity index (χ0) is 6.83. The van der Waals surface area contributed by atoms with E-state index < -0.39 is 0 Å². The second-order valence-corrected chi connectivity index (χ2v) is 1.71. The van der Waals surface area contributed by atoms with Crippen LogP contribution in [-0.2, 0) is 0 Å². The summed E-state index contributed by atoms with van der Waals surface area (Å²) in [5.41, 5.74) is 0. The van der Waals surface area contributed by atoms with E-state index in [1.807, 2.05) is 0 Å². The standard InChI is InChI=1S/C4H10.C4H8.2Li/c2*1-3-4-2;;/h3-4H2,1-2H3;1-4H2;;/q;-2;2*+1. The van der Waals surface area contributed by atoms with Crippen molar-refractivity contribution in [2.75, 3.05) is 0 Å². The van der Waals surface area contributed by atoms with Gasteiger partial charge in [0, 0.05) is 0 Å². The van der Waals surface area contributed by atoms with Crippen molar-refractivity contribution >= 4 is 0 Å². The molecule has 10 heavy (non-hydrogen) atoms. The molecule has 0 N–H and O–H groups in total. The zero-order valence-electron chi connectivity index (χ0n) is 8.24. The van der Waals surface area contributed by atoms with E-state index in [4.69, 9.17) is 0 Å². The average molecular weight is 128 g/mol. The van der Waals surface area contributed by atoms with Gasteiger partial charge in [0.1, 0.15) is 0 Å². The molecule has 0 aromatic rings. The summed E-state index contributed by atoms with van der Waals surface area (Å²) in [6.45, 7) is 11.4. The van der Waals surface area contributed by atoms with Crippen molar-refractivity contribution in [1.29, 1.82) is 0 Å². The van der Waals surface area contributed by atoms with Crippen LogP contribution in [0.2, 0.25) is 0 Å². The van der Waals surface area contributed by atoms with Gasteiger partial charge in [-0.3, -0.25) is 0 Å². The van der Waals surface area contributed by atoms with Gasteiger partial charge >= 0.3 is 37.7 Å². The Morgan fingerprint density at radius 1 is 0.800 bits per heavy atom. The minimum atomic E-state index is 0. The van der Waals surface area contributed by atoms with Gasteiger partial charge in [-0.1, -0.05) is 26.7 Å². The SMILES string of the molecule is CCCC.[CH2-]CC[CH2-].[Li+].[Li+]. The van der Waals surface area contributed by atoms with Crippen LogP contribution >= 0.6 is 0 Å². The van der Waals surface area contributed by atoms with Crippen LogP contribution in [0, 0.1) is 13.8 Å². The largest absolute Gasteiger partial charge is 1.00 e. The summed E-state index contributed by atoms with van der Waals surface area (Å²) >= 11 is 0. The molecule has 0 radical (unpaired) electrons. The summed E-state index contributed by atoms with van der Waals surface area (Å²) in [6, 6.07) is 0. The fraction of sp³-hybridized carbons (Fsp3) is 0.750. The van der Waals surface area contributed by atoms with Gasteiger partial charge < -0.3 is 13.8 Å². The maximum Gasteiger partial charge on any atom is 1.00 e. The predicted molar refractivity (Wildman–Crippen MR) is 40.5 cm³/mol. The molecule has 0 aromatic heterocycles. The normalized spacial score (nSPS) is 6.00. The van der Waals surface area contributed by atoms with E-state index in [0.29, 0.717) is 0 Å². The molecule has 0 aliphatic rings. The van der Waals surface area contributed by atoms with Crippen LogP contribution in [0.1, 0.15) is 39.5 Å². The number of unbranched alkanes of at least 4 members (excludes halogenated alkanes) is 2. The Balaban J connectivity index is -0.0000000300. The van der Waals surface area contributed by atoms with Crippen molar-refractivity contribution < 1.29 is 37.7 Å². The zero-order valence-corrected chi connectivity index (χ0v) is 8.24. The second kappa shape index (κ2) is 31.9. The Bertz CT molecular complexity index is 15.2. The second-order valence-electron chi connectivity index (χ2n) is 1.71. The van der Waals surface area contributed by atoms with E-state index in [9.17, 15) is 0 Å². The Morgan fingerprint density at radius 3 is 1.00 bits per heavy atom. The van der Waals surface area contributed by atoms with Gasteiger partial charge in [0.25, 0.3) is 0 Å². The molecule has 0 heterocycles. The molecule has 0 saturated heterocycles. The van der Waals surface area contributed by atoms with Crippen LogP contribution in [0.3, 0.4) is 0 Å². The molecule has 0 saturated carbocycles. The van der Waals surface area contributed by atoms with E-state index in [1.54, 1.807) is 0 Å². The van der Waals surface area contributed by atoms with Crippen molar-refractivity contribution in [3.05, 3.63) is 13.8 Å². The Morgan fingerprint density at radius 2 is 1.00 bits per heavy atom. The Hall–Kier alpha value is 1.19. The van der Waals surface area contributed by atoms with E-state index in [-0.39, 0.29) is 37.7 Å². The molecule has 0 bridgehead atoms. The summed E-state index contributed by atoms with van der Waals surface area (Å²) in [4.78, 5) is 0. The van der Waals surface area contributed by atoms with Crippen molar-refractivity contribution in [2.45, 2.75) is 39.5 Å². The van der Waals surface area contributed by atoms with Gasteiger partial charge in [-0.2, -0.15) is 0 Å². The average Bonchev–Trinajstić information content (AvgIpc) is 1.88. The van der Waals surface area contributed by atoms with Gasteiger partial charge in [-0.05, 0) is 0 Å². The third-order valence-electron chi connectivity index (χ3n) is 0.750. The first-order valence-corrected chi connectivity index (χ1v) is 3.41. The predicted octanol–water partition coefficient (Wildman–Crippen LogP) is -2.75.